The number of fused-ring (bicyclic) bond motifs is 1. The number of sulfonamides is 1. The highest BCUT2D eigenvalue weighted by Crippen LogP contribution is 2.38. The van der Waals surface area contributed by atoms with Gasteiger partial charge in [0.15, 0.2) is 0 Å². The third kappa shape index (κ3) is 5.50. The van der Waals surface area contributed by atoms with Crippen molar-refractivity contribution in [1.29, 1.82) is 0 Å². The van der Waals surface area contributed by atoms with Gasteiger partial charge in [0.2, 0.25) is 5.13 Å². The fourth-order valence-corrected chi connectivity index (χ4v) is 6.37. The Kier molecular flexibility index (Phi) is 7.17. The van der Waals surface area contributed by atoms with Gasteiger partial charge in [0, 0.05) is 41.2 Å². The quantitative estimate of drug-likeness (QED) is 0.372. The van der Waals surface area contributed by atoms with Crippen LogP contribution in [-0.2, 0) is 30.9 Å². The molecule has 3 aromatic rings. The fourth-order valence-electron chi connectivity index (χ4n) is 3.61. The standard InChI is InChI=1S/C21H23N3O8S3/c1-29-15-5-4-14(19(10-15)30-2)12-24(21-22-13-23-33-21)35(27,28)16-6-7-17-18(32-34(3,25)26)8-9-31-20(17)11-16/h4-7,10-11,13,18H,8-9,12H2,1-3H3. The molecular weight excluding hydrogens is 518 g/mol. The van der Waals surface area contributed by atoms with Crippen LogP contribution in [-0.4, -0.2) is 53.3 Å². The molecule has 11 nitrogen and oxygen atoms in total. The predicted molar refractivity (Wildman–Crippen MR) is 128 cm³/mol. The first-order valence-electron chi connectivity index (χ1n) is 10.3. The second kappa shape index (κ2) is 9.97. The van der Waals surface area contributed by atoms with Crippen LogP contribution in [0.25, 0.3) is 0 Å². The van der Waals surface area contributed by atoms with Crippen molar-refractivity contribution in [2.75, 3.05) is 31.4 Å². The lowest BCUT2D eigenvalue weighted by molar-refractivity contribution is 0.143. The van der Waals surface area contributed by atoms with E-state index >= 15 is 0 Å². The van der Waals surface area contributed by atoms with E-state index in [1.54, 1.807) is 18.2 Å². The number of nitrogens with zero attached hydrogens (tertiary/aromatic N) is 3. The van der Waals surface area contributed by atoms with E-state index in [0.717, 1.165) is 22.1 Å². The van der Waals surface area contributed by atoms with Gasteiger partial charge in [-0.2, -0.15) is 12.8 Å². The minimum absolute atomic E-state index is 0.0565. The van der Waals surface area contributed by atoms with Gasteiger partial charge in [-0.1, -0.05) is 6.07 Å². The number of hydrogen-bond donors (Lipinski definition) is 0. The van der Waals surface area contributed by atoms with E-state index in [9.17, 15) is 16.8 Å². The third-order valence-corrected chi connectivity index (χ3v) is 8.34. The zero-order chi connectivity index (χ0) is 25.2. The van der Waals surface area contributed by atoms with E-state index in [1.807, 2.05) is 0 Å². The van der Waals surface area contributed by atoms with Gasteiger partial charge in [-0.25, -0.2) is 17.7 Å². The summed E-state index contributed by atoms with van der Waals surface area (Å²) < 4.78 is 77.3. The number of hydrogen-bond acceptors (Lipinski definition) is 11. The third-order valence-electron chi connectivity index (χ3n) is 5.22. The van der Waals surface area contributed by atoms with Crippen molar-refractivity contribution < 1.29 is 35.2 Å². The fraction of sp³-hybridized carbons (Fsp3) is 0.333. The van der Waals surface area contributed by atoms with Crippen LogP contribution < -0.4 is 18.5 Å². The van der Waals surface area contributed by atoms with Gasteiger partial charge in [0.1, 0.15) is 29.7 Å². The topological polar surface area (TPSA) is 134 Å². The Labute approximate surface area is 207 Å². The average molecular weight is 542 g/mol. The number of benzene rings is 2. The van der Waals surface area contributed by atoms with E-state index in [-0.39, 0.29) is 28.9 Å². The maximum absolute atomic E-state index is 13.8. The maximum atomic E-state index is 13.8. The minimum Gasteiger partial charge on any atom is -0.497 e. The largest absolute Gasteiger partial charge is 0.497 e. The molecule has 2 aromatic carbocycles. The molecule has 1 unspecified atom stereocenters. The summed E-state index contributed by atoms with van der Waals surface area (Å²) in [7, 11) is -4.84. The number of rotatable bonds is 9. The van der Waals surface area contributed by atoms with E-state index in [2.05, 4.69) is 9.36 Å². The zero-order valence-electron chi connectivity index (χ0n) is 19.1. The lowest BCUT2D eigenvalue weighted by Gasteiger charge is -2.27. The van der Waals surface area contributed by atoms with E-state index in [1.165, 1.54) is 38.7 Å². The molecule has 0 N–H and O–H groups in total. The molecule has 1 aromatic heterocycles. The first-order valence-corrected chi connectivity index (χ1v) is 14.3. The summed E-state index contributed by atoms with van der Waals surface area (Å²) in [4.78, 5) is 4.05. The van der Waals surface area contributed by atoms with Gasteiger partial charge in [-0.05, 0) is 18.2 Å². The van der Waals surface area contributed by atoms with Gasteiger partial charge in [-0.3, -0.25) is 4.18 Å². The van der Waals surface area contributed by atoms with Crippen LogP contribution in [0.15, 0.2) is 47.6 Å². The molecule has 2 heterocycles. The molecule has 0 radical (unpaired) electrons. The summed E-state index contributed by atoms with van der Waals surface area (Å²) in [6.07, 6.45) is 1.80. The summed E-state index contributed by atoms with van der Waals surface area (Å²) in [5.74, 6) is 1.25. The molecule has 14 heteroatoms. The molecule has 1 atom stereocenters. The Balaban J connectivity index is 1.73. The minimum atomic E-state index is -4.13. The Morgan fingerprint density at radius 3 is 2.57 bits per heavy atom. The first-order chi connectivity index (χ1) is 16.6. The molecule has 188 valence electrons. The van der Waals surface area contributed by atoms with Crippen LogP contribution in [0.3, 0.4) is 0 Å². The Bertz CT molecular complexity index is 1410. The summed E-state index contributed by atoms with van der Waals surface area (Å²) in [6, 6.07) is 9.34. The van der Waals surface area contributed by atoms with Crippen molar-refractivity contribution in [3.8, 4) is 17.2 Å². The van der Waals surface area contributed by atoms with Crippen LogP contribution in [0.4, 0.5) is 5.13 Å². The zero-order valence-corrected chi connectivity index (χ0v) is 21.5. The molecule has 0 bridgehead atoms. The molecular formula is C21H23N3O8S3. The summed E-state index contributed by atoms with van der Waals surface area (Å²) in [6.45, 7) is 0.0995. The van der Waals surface area contributed by atoms with Crippen LogP contribution in [0.5, 0.6) is 17.2 Å². The molecule has 35 heavy (non-hydrogen) atoms. The molecule has 0 saturated heterocycles. The summed E-state index contributed by atoms with van der Waals surface area (Å²) in [5.41, 5.74) is 1.04. The monoisotopic (exact) mass is 541 g/mol. The first kappa shape index (κ1) is 25.2. The van der Waals surface area contributed by atoms with Gasteiger partial charge >= 0.3 is 0 Å². The van der Waals surface area contributed by atoms with Crippen LogP contribution in [0.2, 0.25) is 0 Å². The number of ether oxygens (including phenoxy) is 3. The number of anilines is 1. The van der Waals surface area contributed by atoms with E-state index in [0.29, 0.717) is 29.0 Å². The van der Waals surface area contributed by atoms with Crippen molar-refractivity contribution in [3.63, 3.8) is 0 Å². The average Bonchev–Trinajstić information content (AvgIpc) is 3.35. The molecule has 0 saturated carbocycles. The lowest BCUT2D eigenvalue weighted by Crippen LogP contribution is -2.31. The Hall–Kier alpha value is -2.94. The van der Waals surface area contributed by atoms with Crippen LogP contribution >= 0.6 is 11.5 Å². The highest BCUT2D eigenvalue weighted by Gasteiger charge is 2.32. The normalized spacial score (nSPS) is 15.7. The highest BCUT2D eigenvalue weighted by atomic mass is 32.2. The Morgan fingerprint density at radius 2 is 1.91 bits per heavy atom. The molecule has 0 amide bonds. The van der Waals surface area contributed by atoms with Crippen molar-refractivity contribution in [2.24, 2.45) is 0 Å². The summed E-state index contributed by atoms with van der Waals surface area (Å²) >= 11 is 0.931. The Morgan fingerprint density at radius 1 is 1.11 bits per heavy atom. The highest BCUT2D eigenvalue weighted by molar-refractivity contribution is 7.93. The van der Waals surface area contributed by atoms with Crippen molar-refractivity contribution in [3.05, 3.63) is 53.9 Å². The molecule has 0 fully saturated rings. The van der Waals surface area contributed by atoms with Gasteiger partial charge < -0.3 is 14.2 Å². The summed E-state index contributed by atoms with van der Waals surface area (Å²) in [5, 5.41) is 0.166. The maximum Gasteiger partial charge on any atom is 0.266 e. The van der Waals surface area contributed by atoms with Gasteiger partial charge in [0.25, 0.3) is 20.1 Å². The SMILES string of the molecule is COc1ccc(CN(c2ncns2)S(=O)(=O)c2ccc3c(c2)OCCC3OS(C)(=O)=O)c(OC)c1. The molecule has 0 spiro atoms. The second-order valence-electron chi connectivity index (χ2n) is 7.54. The van der Waals surface area contributed by atoms with Crippen molar-refractivity contribution >= 4 is 36.8 Å². The van der Waals surface area contributed by atoms with Crippen LogP contribution in [0.1, 0.15) is 23.7 Å². The van der Waals surface area contributed by atoms with Crippen molar-refractivity contribution in [1.82, 2.24) is 9.36 Å². The van der Waals surface area contributed by atoms with Crippen LogP contribution in [0, 0.1) is 0 Å². The number of methoxy groups -OCH3 is 2. The van der Waals surface area contributed by atoms with E-state index in [4.69, 9.17) is 18.4 Å². The van der Waals surface area contributed by atoms with Crippen molar-refractivity contribution in [2.45, 2.75) is 24.0 Å². The molecule has 4 rings (SSSR count). The molecule has 1 aliphatic heterocycles. The lowest BCUT2D eigenvalue weighted by atomic mass is 10.0. The molecule has 1 aliphatic rings. The second-order valence-corrected chi connectivity index (χ2v) is 11.8. The van der Waals surface area contributed by atoms with E-state index < -0.39 is 26.2 Å². The smallest absolute Gasteiger partial charge is 0.266 e. The molecule has 0 aliphatic carbocycles. The predicted octanol–water partition coefficient (Wildman–Crippen LogP) is 2.75. The number of aromatic nitrogens is 2. The van der Waals surface area contributed by atoms with Gasteiger partial charge in [-0.15, -0.1) is 0 Å². The van der Waals surface area contributed by atoms with Gasteiger partial charge in [0.05, 0.1) is 38.5 Å².